The van der Waals surface area contributed by atoms with Crippen LogP contribution in [-0.2, 0) is 27.3 Å². The van der Waals surface area contributed by atoms with Crippen molar-refractivity contribution in [1.82, 2.24) is 5.32 Å². The quantitative estimate of drug-likeness (QED) is 0.253. The highest BCUT2D eigenvalue weighted by Gasteiger charge is 2.12. The second-order valence-corrected chi connectivity index (χ2v) is 8.71. The Labute approximate surface area is 215 Å². The second-order valence-electron chi connectivity index (χ2n) is 7.83. The summed E-state index contributed by atoms with van der Waals surface area (Å²) in [6.45, 7) is 1.03. The van der Waals surface area contributed by atoms with Crippen LogP contribution in [0.5, 0.6) is 11.5 Å². The number of hydrogen-bond donors (Lipinski definition) is 1. The summed E-state index contributed by atoms with van der Waals surface area (Å²) in [4.78, 5) is 23.9. The molecule has 0 spiro atoms. The van der Waals surface area contributed by atoms with Crippen molar-refractivity contribution in [2.24, 2.45) is 0 Å². The van der Waals surface area contributed by atoms with Crippen molar-refractivity contribution in [2.75, 3.05) is 27.4 Å². The smallest absolute Gasteiger partial charge is 0.309 e. The highest BCUT2D eigenvalue weighted by Crippen LogP contribution is 2.31. The van der Waals surface area contributed by atoms with Gasteiger partial charge in [-0.05, 0) is 70.8 Å². The second kappa shape index (κ2) is 13.1. The number of ketones is 1. The number of esters is 1. The average Bonchev–Trinajstić information content (AvgIpc) is 2.85. The third kappa shape index (κ3) is 8.28. The Morgan fingerprint density at radius 3 is 2.34 bits per heavy atom. The number of carbonyl (C=O) groups excluding carboxylic acids is 2. The lowest BCUT2D eigenvalue weighted by atomic mass is 9.96. The van der Waals surface area contributed by atoms with Crippen LogP contribution in [0.2, 0.25) is 10.0 Å². The monoisotopic (exact) mass is 515 g/mol. The van der Waals surface area contributed by atoms with Crippen molar-refractivity contribution in [1.29, 1.82) is 0 Å². The molecule has 35 heavy (non-hydrogen) atoms. The molecular weight excluding hydrogens is 489 g/mol. The first-order chi connectivity index (χ1) is 16.9. The van der Waals surface area contributed by atoms with E-state index >= 15 is 0 Å². The van der Waals surface area contributed by atoms with E-state index in [0.717, 1.165) is 22.3 Å². The van der Waals surface area contributed by atoms with Crippen molar-refractivity contribution in [2.45, 2.75) is 19.4 Å². The summed E-state index contributed by atoms with van der Waals surface area (Å²) in [5, 5.41) is 4.45. The molecule has 0 radical (unpaired) electrons. The molecule has 0 unspecified atom stereocenters. The topological polar surface area (TPSA) is 73.9 Å². The van der Waals surface area contributed by atoms with Gasteiger partial charge in [-0.15, -0.1) is 0 Å². The maximum atomic E-state index is 12.2. The number of ether oxygens (including phenoxy) is 3. The molecule has 3 aromatic carbocycles. The third-order valence-electron chi connectivity index (χ3n) is 5.27. The zero-order chi connectivity index (χ0) is 25.2. The minimum atomic E-state index is -0.338. The van der Waals surface area contributed by atoms with Crippen molar-refractivity contribution in [3.8, 4) is 22.6 Å². The van der Waals surface area contributed by atoms with Gasteiger partial charge < -0.3 is 19.5 Å². The molecule has 6 nitrogen and oxygen atoms in total. The fourth-order valence-electron chi connectivity index (χ4n) is 3.47. The number of rotatable bonds is 12. The number of nitrogens with one attached hydrogen (secondary N) is 1. The lowest BCUT2D eigenvalue weighted by Crippen LogP contribution is -2.21. The van der Waals surface area contributed by atoms with Crippen LogP contribution < -0.4 is 14.8 Å². The van der Waals surface area contributed by atoms with Gasteiger partial charge in [0.05, 0.1) is 20.6 Å². The van der Waals surface area contributed by atoms with Gasteiger partial charge in [0.1, 0.15) is 18.1 Å². The molecule has 8 heteroatoms. The molecule has 3 rings (SSSR count). The highest BCUT2D eigenvalue weighted by molar-refractivity contribution is 6.31. The minimum absolute atomic E-state index is 0.00256. The van der Waals surface area contributed by atoms with Gasteiger partial charge in [-0.25, -0.2) is 0 Å². The number of halogens is 2. The number of hydrogen-bond acceptors (Lipinski definition) is 6. The molecule has 0 heterocycles. The predicted molar refractivity (Wildman–Crippen MR) is 137 cm³/mol. The van der Waals surface area contributed by atoms with Crippen molar-refractivity contribution < 1.29 is 23.8 Å². The molecule has 3 aromatic rings. The summed E-state index contributed by atoms with van der Waals surface area (Å²) in [5.41, 5.74) is 3.54. The minimum Gasteiger partial charge on any atom is -0.497 e. The van der Waals surface area contributed by atoms with E-state index < -0.39 is 0 Å². The zero-order valence-corrected chi connectivity index (χ0v) is 21.1. The largest absolute Gasteiger partial charge is 0.497 e. The number of benzene rings is 3. The van der Waals surface area contributed by atoms with Crippen molar-refractivity contribution in [3.63, 3.8) is 0 Å². The van der Waals surface area contributed by atoms with E-state index in [0.29, 0.717) is 41.1 Å². The van der Waals surface area contributed by atoms with E-state index in [1.54, 1.807) is 37.4 Å². The van der Waals surface area contributed by atoms with E-state index in [4.69, 9.17) is 37.4 Å². The first-order valence-corrected chi connectivity index (χ1v) is 11.8. The predicted octanol–water partition coefficient (Wildman–Crippen LogP) is 5.51. The molecule has 0 saturated carbocycles. The summed E-state index contributed by atoms with van der Waals surface area (Å²) < 4.78 is 15.7. The Kier molecular flexibility index (Phi) is 9.97. The summed E-state index contributed by atoms with van der Waals surface area (Å²) in [6.07, 6.45) is 0.460. The lowest BCUT2D eigenvalue weighted by Gasteiger charge is -2.14. The Morgan fingerprint density at radius 1 is 0.886 bits per heavy atom. The Morgan fingerprint density at radius 2 is 1.63 bits per heavy atom. The SMILES string of the molecule is COC(=O)Cc1cc(Cl)cc(-c2cc(OC)ccc2CNCCC(=O)COc2ccc(Cl)cc2)c1. The van der Waals surface area contributed by atoms with E-state index in [1.807, 2.05) is 30.3 Å². The van der Waals surface area contributed by atoms with Crippen LogP contribution in [0, 0.1) is 0 Å². The molecule has 0 atom stereocenters. The van der Waals surface area contributed by atoms with Crippen molar-refractivity contribution >= 4 is 35.0 Å². The van der Waals surface area contributed by atoms with E-state index in [-0.39, 0.29) is 24.8 Å². The molecule has 0 aliphatic rings. The standard InChI is InChI=1S/C27H27Cl2NO5/c1-33-25-6-3-19(16-30-10-9-23(31)17-35-24-7-4-21(28)5-8-24)26(15-25)20-11-18(12-22(29)14-20)13-27(32)34-2/h3-8,11-12,14-15,30H,9-10,13,16-17H2,1-2H3. The average molecular weight is 516 g/mol. The van der Waals surface area contributed by atoms with Gasteiger partial charge in [0, 0.05) is 29.6 Å². The van der Waals surface area contributed by atoms with Crippen LogP contribution in [0.4, 0.5) is 0 Å². The Balaban J connectivity index is 1.62. The fraction of sp³-hybridized carbons (Fsp3) is 0.259. The molecule has 184 valence electrons. The maximum absolute atomic E-state index is 12.2. The summed E-state index contributed by atoms with van der Waals surface area (Å²) in [7, 11) is 2.96. The first-order valence-electron chi connectivity index (χ1n) is 11.0. The summed E-state index contributed by atoms with van der Waals surface area (Å²) in [6, 6.07) is 18.2. The summed E-state index contributed by atoms with van der Waals surface area (Å²) in [5.74, 6) is 0.958. The normalized spacial score (nSPS) is 10.6. The molecular formula is C27H27Cl2NO5. The molecule has 1 N–H and O–H groups in total. The van der Waals surface area contributed by atoms with E-state index in [1.165, 1.54) is 7.11 Å². The van der Waals surface area contributed by atoms with Crippen LogP contribution in [0.25, 0.3) is 11.1 Å². The Hall–Kier alpha value is -3.06. The third-order valence-corrected chi connectivity index (χ3v) is 5.74. The highest BCUT2D eigenvalue weighted by atomic mass is 35.5. The van der Waals surface area contributed by atoms with Crippen LogP contribution in [0.1, 0.15) is 17.5 Å². The fourth-order valence-corrected chi connectivity index (χ4v) is 3.85. The molecule has 0 aliphatic carbocycles. The zero-order valence-electron chi connectivity index (χ0n) is 19.6. The van der Waals surface area contributed by atoms with Crippen LogP contribution in [0.15, 0.2) is 60.7 Å². The van der Waals surface area contributed by atoms with Crippen molar-refractivity contribution in [3.05, 3.63) is 81.8 Å². The van der Waals surface area contributed by atoms with Gasteiger partial charge in [0.25, 0.3) is 0 Å². The number of Topliss-reactive ketones (excluding diaryl/α,β-unsaturated/α-hetero) is 1. The lowest BCUT2D eigenvalue weighted by molar-refractivity contribution is -0.139. The number of methoxy groups -OCH3 is 2. The van der Waals surface area contributed by atoms with E-state index in [2.05, 4.69) is 5.32 Å². The van der Waals surface area contributed by atoms with Crippen LogP contribution in [-0.4, -0.2) is 39.1 Å². The first kappa shape index (κ1) is 26.5. The molecule has 0 aliphatic heterocycles. The van der Waals surface area contributed by atoms with Gasteiger partial charge >= 0.3 is 5.97 Å². The Bertz CT molecular complexity index is 1160. The number of carbonyl (C=O) groups is 2. The molecule has 0 bridgehead atoms. The van der Waals surface area contributed by atoms with Crippen LogP contribution >= 0.6 is 23.2 Å². The molecule has 0 aromatic heterocycles. The van der Waals surface area contributed by atoms with Crippen LogP contribution in [0.3, 0.4) is 0 Å². The van der Waals surface area contributed by atoms with E-state index in [9.17, 15) is 9.59 Å². The van der Waals surface area contributed by atoms with Gasteiger partial charge in [-0.3, -0.25) is 9.59 Å². The molecule has 0 amide bonds. The van der Waals surface area contributed by atoms with Gasteiger partial charge in [0.2, 0.25) is 0 Å². The van der Waals surface area contributed by atoms with Gasteiger partial charge in [-0.2, -0.15) is 0 Å². The summed E-state index contributed by atoms with van der Waals surface area (Å²) >= 11 is 12.2. The van der Waals surface area contributed by atoms with Gasteiger partial charge in [0.15, 0.2) is 5.78 Å². The molecule has 0 saturated heterocycles. The molecule has 0 fully saturated rings. The van der Waals surface area contributed by atoms with Gasteiger partial charge in [-0.1, -0.05) is 35.3 Å². The maximum Gasteiger partial charge on any atom is 0.309 e.